The molecule has 0 aliphatic carbocycles. The number of rotatable bonds is 5. The van der Waals surface area contributed by atoms with Crippen LogP contribution in [0.2, 0.25) is 0 Å². The molecule has 2 heterocycles. The van der Waals surface area contributed by atoms with Crippen molar-refractivity contribution in [1.82, 2.24) is 4.98 Å². The normalized spacial score (nSPS) is 13.2. The second-order valence-corrected chi connectivity index (χ2v) is 9.73. The SMILES string of the molecule is CC(C)[N+](C)(CCSC(=O)N1c2ccccc2Sc2cccnc21)C(C)C.[Cl-]. The summed E-state index contributed by atoms with van der Waals surface area (Å²) in [5.41, 5.74) is 0.927. The molecule has 0 N–H and O–H groups in total. The summed E-state index contributed by atoms with van der Waals surface area (Å²) in [7, 11) is 2.28. The fraction of sp³-hybridized carbons (Fsp3) is 0.429. The molecule has 1 aromatic heterocycles. The standard InChI is InChI=1S/C21H28N3OS2.ClH/c1-15(2)24(5,16(3)4)13-14-26-21(25)23-17-9-6-7-10-18(17)27-19-11-8-12-22-20(19)23;/h6-12,15-16H,13-14H2,1-5H3;1H/q+1;/p-1. The molecule has 0 spiro atoms. The van der Waals surface area contributed by atoms with Gasteiger partial charge in [0.2, 0.25) is 0 Å². The molecule has 7 heteroatoms. The van der Waals surface area contributed by atoms with Crippen LogP contribution in [0, 0.1) is 0 Å². The molecule has 0 saturated carbocycles. The van der Waals surface area contributed by atoms with Gasteiger partial charge < -0.3 is 16.9 Å². The lowest BCUT2D eigenvalue weighted by Gasteiger charge is -2.42. The number of para-hydroxylation sites is 1. The molecule has 1 aromatic carbocycles. The highest BCUT2D eigenvalue weighted by Crippen LogP contribution is 2.47. The lowest BCUT2D eigenvalue weighted by Crippen LogP contribution is -3.00. The quantitative estimate of drug-likeness (QED) is 0.673. The van der Waals surface area contributed by atoms with Crippen LogP contribution in [0.4, 0.5) is 16.3 Å². The summed E-state index contributed by atoms with van der Waals surface area (Å²) < 4.78 is 0.960. The van der Waals surface area contributed by atoms with Crippen molar-refractivity contribution in [3.05, 3.63) is 42.6 Å². The van der Waals surface area contributed by atoms with Crippen molar-refractivity contribution >= 4 is 40.3 Å². The van der Waals surface area contributed by atoms with Crippen LogP contribution in [-0.2, 0) is 0 Å². The van der Waals surface area contributed by atoms with Gasteiger partial charge in [-0.3, -0.25) is 9.69 Å². The Bertz CT molecular complexity index is 775. The maximum Gasteiger partial charge on any atom is 0.292 e. The Morgan fingerprint density at radius 2 is 1.75 bits per heavy atom. The lowest BCUT2D eigenvalue weighted by atomic mass is 10.2. The Morgan fingerprint density at radius 1 is 1.11 bits per heavy atom. The van der Waals surface area contributed by atoms with Crippen molar-refractivity contribution in [2.24, 2.45) is 0 Å². The highest BCUT2D eigenvalue weighted by Gasteiger charge is 2.32. The number of carbonyl (C=O) groups excluding carboxylic acids is 1. The molecule has 4 nitrogen and oxygen atoms in total. The number of quaternary nitrogens is 1. The number of benzene rings is 1. The number of anilines is 2. The molecule has 0 radical (unpaired) electrons. The van der Waals surface area contributed by atoms with E-state index in [-0.39, 0.29) is 17.6 Å². The van der Waals surface area contributed by atoms with Crippen LogP contribution in [0.3, 0.4) is 0 Å². The average Bonchev–Trinajstić information content (AvgIpc) is 2.65. The van der Waals surface area contributed by atoms with E-state index in [1.54, 1.807) is 22.9 Å². The van der Waals surface area contributed by atoms with Crippen molar-refractivity contribution in [2.75, 3.05) is 24.2 Å². The van der Waals surface area contributed by atoms with Crippen molar-refractivity contribution < 1.29 is 21.7 Å². The van der Waals surface area contributed by atoms with Crippen LogP contribution < -0.4 is 17.3 Å². The molecular formula is C21H28ClN3OS2. The molecule has 0 saturated heterocycles. The summed E-state index contributed by atoms with van der Waals surface area (Å²) >= 11 is 3.06. The molecule has 0 unspecified atom stereocenters. The molecule has 152 valence electrons. The van der Waals surface area contributed by atoms with Gasteiger partial charge in [-0.2, -0.15) is 0 Å². The summed E-state index contributed by atoms with van der Waals surface area (Å²) in [6, 6.07) is 13.0. The van der Waals surface area contributed by atoms with Crippen molar-refractivity contribution in [3.8, 4) is 0 Å². The molecule has 1 aliphatic heterocycles. The third-order valence-corrected chi connectivity index (χ3v) is 7.55. The van der Waals surface area contributed by atoms with Gasteiger partial charge in [-0.15, -0.1) is 0 Å². The second kappa shape index (κ2) is 9.53. The molecule has 3 rings (SSSR count). The van der Waals surface area contributed by atoms with Gasteiger partial charge in [0.15, 0.2) is 5.82 Å². The minimum atomic E-state index is 0. The Hall–Kier alpha value is -1.21. The summed E-state index contributed by atoms with van der Waals surface area (Å²) in [6.45, 7) is 9.98. The van der Waals surface area contributed by atoms with Crippen LogP contribution in [0.5, 0.6) is 0 Å². The Labute approximate surface area is 183 Å². The number of fused-ring (bicyclic) bond motifs is 2. The summed E-state index contributed by atoms with van der Waals surface area (Å²) in [5.74, 6) is 1.53. The third kappa shape index (κ3) is 4.51. The molecule has 0 bridgehead atoms. The molecule has 2 aromatic rings. The van der Waals surface area contributed by atoms with E-state index in [2.05, 4.69) is 45.8 Å². The number of amides is 1. The summed E-state index contributed by atoms with van der Waals surface area (Å²) in [4.78, 5) is 21.6. The number of aromatic nitrogens is 1. The van der Waals surface area contributed by atoms with Crippen LogP contribution in [-0.4, -0.2) is 46.1 Å². The number of pyridine rings is 1. The van der Waals surface area contributed by atoms with Crippen LogP contribution >= 0.6 is 23.5 Å². The van der Waals surface area contributed by atoms with E-state index in [0.717, 1.165) is 38.1 Å². The number of halogens is 1. The molecule has 1 amide bonds. The van der Waals surface area contributed by atoms with Crippen LogP contribution in [0.1, 0.15) is 27.7 Å². The van der Waals surface area contributed by atoms with Gasteiger partial charge in [0.25, 0.3) is 5.24 Å². The monoisotopic (exact) mass is 437 g/mol. The van der Waals surface area contributed by atoms with E-state index in [1.807, 2.05) is 30.3 Å². The van der Waals surface area contributed by atoms with E-state index in [4.69, 9.17) is 0 Å². The number of carbonyl (C=O) groups is 1. The molecule has 1 aliphatic rings. The third-order valence-electron chi connectivity index (χ3n) is 5.63. The van der Waals surface area contributed by atoms with Gasteiger partial charge in [0, 0.05) is 11.1 Å². The first-order chi connectivity index (χ1) is 12.8. The lowest BCUT2D eigenvalue weighted by molar-refractivity contribution is -0.947. The van der Waals surface area contributed by atoms with Gasteiger partial charge in [0.05, 0.1) is 42.0 Å². The maximum absolute atomic E-state index is 13.2. The van der Waals surface area contributed by atoms with Crippen LogP contribution in [0.15, 0.2) is 52.4 Å². The Balaban J connectivity index is 0.00000280. The molecule has 28 heavy (non-hydrogen) atoms. The zero-order chi connectivity index (χ0) is 19.6. The van der Waals surface area contributed by atoms with E-state index in [1.165, 1.54) is 11.8 Å². The molecule has 0 fully saturated rings. The summed E-state index contributed by atoms with van der Waals surface area (Å²) in [5, 5.41) is 0.0433. The van der Waals surface area contributed by atoms with Crippen molar-refractivity contribution in [2.45, 2.75) is 49.6 Å². The van der Waals surface area contributed by atoms with Gasteiger partial charge in [-0.25, -0.2) is 4.98 Å². The Morgan fingerprint density at radius 3 is 2.43 bits per heavy atom. The zero-order valence-corrected chi connectivity index (χ0v) is 19.4. The number of thioether (sulfide) groups is 1. The fourth-order valence-corrected chi connectivity index (χ4v) is 5.28. The summed E-state index contributed by atoms with van der Waals surface area (Å²) in [6.07, 6.45) is 1.75. The minimum Gasteiger partial charge on any atom is -1.00 e. The zero-order valence-electron chi connectivity index (χ0n) is 17.1. The predicted molar refractivity (Wildman–Crippen MR) is 116 cm³/mol. The minimum absolute atomic E-state index is 0. The molecular weight excluding hydrogens is 410 g/mol. The maximum atomic E-state index is 13.2. The highest BCUT2D eigenvalue weighted by molar-refractivity contribution is 8.14. The van der Waals surface area contributed by atoms with E-state index < -0.39 is 0 Å². The predicted octanol–water partition coefficient (Wildman–Crippen LogP) is 2.80. The number of hydrogen-bond acceptors (Lipinski definition) is 4. The van der Waals surface area contributed by atoms with Crippen molar-refractivity contribution in [1.29, 1.82) is 0 Å². The number of hydrogen-bond donors (Lipinski definition) is 0. The topological polar surface area (TPSA) is 33.2 Å². The van der Waals surface area contributed by atoms with Gasteiger partial charge in [-0.1, -0.05) is 35.7 Å². The first-order valence-corrected chi connectivity index (χ1v) is 11.2. The smallest absolute Gasteiger partial charge is 0.292 e. The first kappa shape index (κ1) is 23.1. The van der Waals surface area contributed by atoms with Gasteiger partial charge >= 0.3 is 0 Å². The van der Waals surface area contributed by atoms with Crippen LogP contribution in [0.25, 0.3) is 0 Å². The second-order valence-electron chi connectivity index (χ2n) is 7.60. The Kier molecular flexibility index (Phi) is 7.85. The van der Waals surface area contributed by atoms with E-state index >= 15 is 0 Å². The largest absolute Gasteiger partial charge is 1.00 e. The highest BCUT2D eigenvalue weighted by atomic mass is 35.5. The number of nitrogens with zero attached hydrogens (tertiary/aromatic N) is 3. The van der Waals surface area contributed by atoms with Crippen molar-refractivity contribution in [3.63, 3.8) is 0 Å². The average molecular weight is 438 g/mol. The first-order valence-electron chi connectivity index (χ1n) is 9.38. The van der Waals surface area contributed by atoms with Gasteiger partial charge in [-0.05, 0) is 52.0 Å². The van der Waals surface area contributed by atoms with Gasteiger partial charge in [0.1, 0.15) is 0 Å². The van der Waals surface area contributed by atoms with E-state index in [0.29, 0.717) is 12.1 Å². The van der Waals surface area contributed by atoms with E-state index in [9.17, 15) is 4.79 Å². The molecule has 0 atom stereocenters. The fourth-order valence-electron chi connectivity index (χ4n) is 3.28.